The molecule has 0 aromatic heterocycles. The molecule has 110 valence electrons. The maximum Gasteiger partial charge on any atom is 0.224 e. The first-order chi connectivity index (χ1) is 8.78. The van der Waals surface area contributed by atoms with Gasteiger partial charge in [0.1, 0.15) is 0 Å². The van der Waals surface area contributed by atoms with Crippen molar-refractivity contribution in [3.63, 3.8) is 0 Å². The van der Waals surface area contributed by atoms with Gasteiger partial charge in [0.25, 0.3) is 0 Å². The Kier molecular flexibility index (Phi) is 5.75. The highest BCUT2D eigenvalue weighted by Gasteiger charge is 2.24. The Balaban J connectivity index is 2.25. The molecule has 2 N–H and O–H groups in total. The van der Waals surface area contributed by atoms with E-state index in [1.54, 1.807) is 13.8 Å². The molecule has 0 radical (unpaired) electrons. The van der Waals surface area contributed by atoms with Crippen LogP contribution in [-0.2, 0) is 9.59 Å². The highest BCUT2D eigenvalue weighted by molar-refractivity contribution is 5.78. The molecule has 0 spiro atoms. The van der Waals surface area contributed by atoms with Crippen molar-refractivity contribution in [2.24, 2.45) is 0 Å². The Morgan fingerprint density at radius 3 is 2.26 bits per heavy atom. The summed E-state index contributed by atoms with van der Waals surface area (Å²) in [5.41, 5.74) is -0.697. The van der Waals surface area contributed by atoms with E-state index in [0.29, 0.717) is 32.6 Å². The van der Waals surface area contributed by atoms with Crippen LogP contribution in [0.5, 0.6) is 0 Å². The van der Waals surface area contributed by atoms with E-state index in [4.69, 9.17) is 0 Å². The van der Waals surface area contributed by atoms with Gasteiger partial charge in [-0.3, -0.25) is 14.5 Å². The van der Waals surface area contributed by atoms with Gasteiger partial charge in [0.15, 0.2) is 0 Å². The Morgan fingerprint density at radius 2 is 1.79 bits per heavy atom. The minimum atomic E-state index is -0.697. The normalized spacial score (nSPS) is 17.4. The minimum Gasteiger partial charge on any atom is -0.389 e. The molecule has 6 nitrogen and oxygen atoms in total. The molecule has 0 saturated carbocycles. The van der Waals surface area contributed by atoms with Gasteiger partial charge in [-0.2, -0.15) is 0 Å². The van der Waals surface area contributed by atoms with Crippen molar-refractivity contribution in [2.75, 3.05) is 39.3 Å². The highest BCUT2D eigenvalue weighted by atomic mass is 16.3. The molecule has 1 saturated heterocycles. The number of nitrogens with zero attached hydrogens (tertiary/aromatic N) is 2. The monoisotopic (exact) mass is 271 g/mol. The summed E-state index contributed by atoms with van der Waals surface area (Å²) in [5.74, 6) is -0.0283. The smallest absolute Gasteiger partial charge is 0.224 e. The van der Waals surface area contributed by atoms with Crippen molar-refractivity contribution in [1.29, 1.82) is 0 Å². The second kappa shape index (κ2) is 6.86. The van der Waals surface area contributed by atoms with Gasteiger partial charge in [-0.15, -0.1) is 0 Å². The summed E-state index contributed by atoms with van der Waals surface area (Å²) in [6.07, 6.45) is 0.352. The Bertz CT molecular complexity index is 318. The maximum atomic E-state index is 11.9. The first-order valence-electron chi connectivity index (χ1n) is 6.75. The number of rotatable bonds is 5. The number of piperazine rings is 1. The summed E-state index contributed by atoms with van der Waals surface area (Å²) in [6.45, 7) is 9.00. The van der Waals surface area contributed by atoms with Crippen molar-refractivity contribution in [1.82, 2.24) is 15.1 Å². The molecule has 1 rings (SSSR count). The van der Waals surface area contributed by atoms with Crippen molar-refractivity contribution < 1.29 is 14.7 Å². The summed E-state index contributed by atoms with van der Waals surface area (Å²) < 4.78 is 0. The largest absolute Gasteiger partial charge is 0.389 e. The second-order valence-corrected chi connectivity index (χ2v) is 5.70. The summed E-state index contributed by atoms with van der Waals surface area (Å²) in [5, 5.41) is 12.4. The predicted octanol–water partition coefficient (Wildman–Crippen LogP) is -0.572. The third-order valence-electron chi connectivity index (χ3n) is 3.05. The summed E-state index contributed by atoms with van der Waals surface area (Å²) in [7, 11) is 0. The summed E-state index contributed by atoms with van der Waals surface area (Å²) in [4.78, 5) is 26.6. The zero-order valence-electron chi connectivity index (χ0n) is 12.1. The third kappa shape index (κ3) is 6.54. The van der Waals surface area contributed by atoms with E-state index >= 15 is 0 Å². The van der Waals surface area contributed by atoms with Gasteiger partial charge >= 0.3 is 0 Å². The number of nitrogens with one attached hydrogen (secondary N) is 1. The molecule has 0 unspecified atom stereocenters. The van der Waals surface area contributed by atoms with Gasteiger partial charge in [-0.25, -0.2) is 0 Å². The lowest BCUT2D eigenvalue weighted by Gasteiger charge is -2.37. The molecule has 1 heterocycles. The number of carbonyl (C=O) groups excluding carboxylic acids is 2. The van der Waals surface area contributed by atoms with Gasteiger partial charge in [0.05, 0.1) is 5.60 Å². The average molecular weight is 271 g/mol. The standard InChI is InChI=1S/C13H25N3O3/c1-11(17)14-5-4-12(18)16-8-6-15(7-9-16)10-13(2,3)19/h19H,4-10H2,1-3H3,(H,14,17). The average Bonchev–Trinajstić information content (AvgIpc) is 2.27. The molecule has 1 aliphatic heterocycles. The first kappa shape index (κ1) is 15.9. The quantitative estimate of drug-likeness (QED) is 0.702. The fraction of sp³-hybridized carbons (Fsp3) is 0.846. The molecule has 0 bridgehead atoms. The van der Waals surface area contributed by atoms with Crippen LogP contribution in [0.1, 0.15) is 27.2 Å². The van der Waals surface area contributed by atoms with Crippen LogP contribution in [-0.4, -0.2) is 71.6 Å². The topological polar surface area (TPSA) is 72.9 Å². The van der Waals surface area contributed by atoms with Crippen LogP contribution in [0, 0.1) is 0 Å². The minimum absolute atomic E-state index is 0.0802. The molecule has 2 amide bonds. The van der Waals surface area contributed by atoms with Gasteiger partial charge in [0, 0.05) is 52.6 Å². The molecule has 1 aliphatic rings. The molecular weight excluding hydrogens is 246 g/mol. The molecule has 0 aromatic carbocycles. The Morgan fingerprint density at radius 1 is 1.21 bits per heavy atom. The number of aliphatic hydroxyl groups is 1. The van der Waals surface area contributed by atoms with Crippen molar-refractivity contribution in [3.05, 3.63) is 0 Å². The van der Waals surface area contributed by atoms with Crippen molar-refractivity contribution in [2.45, 2.75) is 32.8 Å². The molecule has 0 aromatic rings. The lowest BCUT2D eigenvalue weighted by molar-refractivity contribution is -0.133. The number of β-amino-alcohol motifs (C(OH)–C–C–N with tert-alkyl or cyclic N) is 1. The van der Waals surface area contributed by atoms with E-state index in [0.717, 1.165) is 13.1 Å². The van der Waals surface area contributed by atoms with Crippen LogP contribution in [0.3, 0.4) is 0 Å². The zero-order valence-corrected chi connectivity index (χ0v) is 12.1. The second-order valence-electron chi connectivity index (χ2n) is 5.70. The number of hydrogen-bond acceptors (Lipinski definition) is 4. The predicted molar refractivity (Wildman–Crippen MR) is 72.6 cm³/mol. The SMILES string of the molecule is CC(=O)NCCC(=O)N1CCN(CC(C)(C)O)CC1. The lowest BCUT2D eigenvalue weighted by atomic mass is 10.1. The van der Waals surface area contributed by atoms with Gasteiger partial charge in [-0.05, 0) is 13.8 Å². The molecule has 6 heteroatoms. The van der Waals surface area contributed by atoms with Crippen molar-refractivity contribution >= 4 is 11.8 Å². The van der Waals surface area contributed by atoms with Gasteiger partial charge in [0.2, 0.25) is 11.8 Å². The van der Waals surface area contributed by atoms with Crippen LogP contribution >= 0.6 is 0 Å². The van der Waals surface area contributed by atoms with E-state index < -0.39 is 5.60 Å². The van der Waals surface area contributed by atoms with E-state index in [1.807, 2.05) is 4.90 Å². The molecule has 19 heavy (non-hydrogen) atoms. The molecular formula is C13H25N3O3. The van der Waals surface area contributed by atoms with E-state index in [9.17, 15) is 14.7 Å². The van der Waals surface area contributed by atoms with Crippen LogP contribution in [0.4, 0.5) is 0 Å². The fourth-order valence-electron chi connectivity index (χ4n) is 2.21. The molecule has 1 fully saturated rings. The number of hydrogen-bond donors (Lipinski definition) is 2. The summed E-state index contributed by atoms with van der Waals surface area (Å²) >= 11 is 0. The van der Waals surface area contributed by atoms with Crippen LogP contribution in [0.25, 0.3) is 0 Å². The number of carbonyl (C=O) groups is 2. The van der Waals surface area contributed by atoms with Gasteiger partial charge in [-0.1, -0.05) is 0 Å². The fourth-order valence-corrected chi connectivity index (χ4v) is 2.21. The third-order valence-corrected chi connectivity index (χ3v) is 3.05. The first-order valence-corrected chi connectivity index (χ1v) is 6.75. The lowest BCUT2D eigenvalue weighted by Crippen LogP contribution is -2.52. The van der Waals surface area contributed by atoms with Gasteiger partial charge < -0.3 is 15.3 Å². The Hall–Kier alpha value is -1.14. The van der Waals surface area contributed by atoms with Crippen LogP contribution in [0.15, 0.2) is 0 Å². The van der Waals surface area contributed by atoms with Crippen LogP contribution in [0.2, 0.25) is 0 Å². The Labute approximate surface area is 114 Å². The maximum absolute atomic E-state index is 11.9. The molecule has 0 aliphatic carbocycles. The highest BCUT2D eigenvalue weighted by Crippen LogP contribution is 2.09. The summed E-state index contributed by atoms with van der Waals surface area (Å²) in [6, 6.07) is 0. The van der Waals surface area contributed by atoms with E-state index in [-0.39, 0.29) is 11.8 Å². The number of amides is 2. The zero-order chi connectivity index (χ0) is 14.5. The van der Waals surface area contributed by atoms with Crippen LogP contribution < -0.4 is 5.32 Å². The van der Waals surface area contributed by atoms with E-state index in [1.165, 1.54) is 6.92 Å². The molecule has 0 atom stereocenters. The van der Waals surface area contributed by atoms with E-state index in [2.05, 4.69) is 10.2 Å². The van der Waals surface area contributed by atoms with Crippen molar-refractivity contribution in [3.8, 4) is 0 Å².